The molecule has 1 fully saturated rings. The molecule has 0 aliphatic carbocycles. The number of piperidine rings is 1. The molecule has 3 aromatic rings. The van der Waals surface area contributed by atoms with Crippen LogP contribution in [0.1, 0.15) is 49.7 Å². The summed E-state index contributed by atoms with van der Waals surface area (Å²) in [6.07, 6.45) is 4.38. The third-order valence-electron chi connectivity index (χ3n) is 5.95. The molecule has 1 aliphatic rings. The summed E-state index contributed by atoms with van der Waals surface area (Å²) < 4.78 is 7.99. The standard InChI is InChI=1S/C24H31N7O3/c1-24(2,3)20-13-21(29(4)28-20)31(23(25)33)18-7-5-6-8-19(18)34-17-9-11-30(12-10-17)22(32)16-14-26-27-15-16/h5-8,13-15,17H,9-12H2,1-4H3,(H2,25,33)(H,26,27). The molecule has 0 spiro atoms. The molecule has 0 radical (unpaired) electrons. The number of rotatable bonds is 5. The maximum atomic E-state index is 12.6. The summed E-state index contributed by atoms with van der Waals surface area (Å²) in [7, 11) is 1.79. The normalized spacial score (nSPS) is 14.8. The summed E-state index contributed by atoms with van der Waals surface area (Å²) in [6.45, 7) is 7.34. The van der Waals surface area contributed by atoms with E-state index in [0.717, 1.165) is 5.69 Å². The van der Waals surface area contributed by atoms with Gasteiger partial charge in [-0.15, -0.1) is 0 Å². The largest absolute Gasteiger partial charge is 0.488 e. The van der Waals surface area contributed by atoms with E-state index in [-0.39, 0.29) is 17.4 Å². The Kier molecular flexibility index (Phi) is 6.32. The first-order chi connectivity index (χ1) is 16.1. The van der Waals surface area contributed by atoms with Crippen LogP contribution in [0.4, 0.5) is 16.3 Å². The van der Waals surface area contributed by atoms with E-state index < -0.39 is 6.03 Å². The van der Waals surface area contributed by atoms with Gasteiger partial charge in [0.15, 0.2) is 0 Å². The van der Waals surface area contributed by atoms with E-state index in [2.05, 4.69) is 36.1 Å². The molecule has 1 aliphatic heterocycles. The van der Waals surface area contributed by atoms with Crippen LogP contribution in [-0.4, -0.2) is 56.0 Å². The summed E-state index contributed by atoms with van der Waals surface area (Å²) in [5.74, 6) is 1.08. The third-order valence-corrected chi connectivity index (χ3v) is 5.95. The van der Waals surface area contributed by atoms with Gasteiger partial charge in [0.25, 0.3) is 5.91 Å². The van der Waals surface area contributed by atoms with Crippen molar-refractivity contribution in [2.75, 3.05) is 18.0 Å². The number of para-hydroxylation sites is 2. The predicted molar refractivity (Wildman–Crippen MR) is 128 cm³/mol. The molecule has 180 valence electrons. The monoisotopic (exact) mass is 465 g/mol. The molecule has 0 saturated carbocycles. The lowest BCUT2D eigenvalue weighted by Gasteiger charge is -2.33. The number of anilines is 2. The molecule has 34 heavy (non-hydrogen) atoms. The molecule has 1 saturated heterocycles. The van der Waals surface area contributed by atoms with E-state index in [9.17, 15) is 9.59 Å². The van der Waals surface area contributed by atoms with Crippen LogP contribution in [0.25, 0.3) is 0 Å². The zero-order valence-corrected chi connectivity index (χ0v) is 20.0. The number of aryl methyl sites for hydroxylation is 1. The van der Waals surface area contributed by atoms with E-state index in [1.54, 1.807) is 28.9 Å². The number of nitrogens with two attached hydrogens (primary N) is 1. The van der Waals surface area contributed by atoms with Gasteiger partial charge in [-0.05, 0) is 12.1 Å². The van der Waals surface area contributed by atoms with Crippen molar-refractivity contribution in [3.63, 3.8) is 0 Å². The van der Waals surface area contributed by atoms with Crippen LogP contribution in [0.15, 0.2) is 42.7 Å². The number of primary amides is 1. The van der Waals surface area contributed by atoms with Gasteiger partial charge in [0, 0.05) is 50.7 Å². The number of carbonyl (C=O) groups is 2. The zero-order chi connectivity index (χ0) is 24.5. The van der Waals surface area contributed by atoms with Crippen molar-refractivity contribution >= 4 is 23.4 Å². The maximum absolute atomic E-state index is 12.6. The Morgan fingerprint density at radius 2 is 1.91 bits per heavy atom. The minimum absolute atomic E-state index is 0.0432. The number of nitrogens with zero attached hydrogens (tertiary/aromatic N) is 5. The van der Waals surface area contributed by atoms with E-state index >= 15 is 0 Å². The van der Waals surface area contributed by atoms with Crippen molar-refractivity contribution in [1.82, 2.24) is 24.9 Å². The van der Waals surface area contributed by atoms with Crippen LogP contribution in [0.5, 0.6) is 5.75 Å². The highest BCUT2D eigenvalue weighted by Crippen LogP contribution is 2.36. The van der Waals surface area contributed by atoms with Crippen molar-refractivity contribution in [3.8, 4) is 5.75 Å². The fraction of sp³-hybridized carbons (Fsp3) is 0.417. The number of aromatic nitrogens is 4. The summed E-state index contributed by atoms with van der Waals surface area (Å²) in [5.41, 5.74) is 7.59. The lowest BCUT2D eigenvalue weighted by atomic mass is 9.92. The second kappa shape index (κ2) is 9.20. The number of H-pyrrole nitrogens is 1. The number of hydrogen-bond donors (Lipinski definition) is 2. The van der Waals surface area contributed by atoms with Crippen molar-refractivity contribution in [2.24, 2.45) is 12.8 Å². The lowest BCUT2D eigenvalue weighted by molar-refractivity contribution is 0.0596. The quantitative estimate of drug-likeness (QED) is 0.598. The smallest absolute Gasteiger partial charge is 0.325 e. The number of aromatic amines is 1. The Labute approximate surface area is 198 Å². The fourth-order valence-corrected chi connectivity index (χ4v) is 4.04. The van der Waals surface area contributed by atoms with Crippen LogP contribution < -0.4 is 15.4 Å². The Balaban J connectivity index is 1.53. The highest BCUT2D eigenvalue weighted by Gasteiger charge is 2.29. The van der Waals surface area contributed by atoms with Gasteiger partial charge in [-0.2, -0.15) is 10.2 Å². The Morgan fingerprint density at radius 3 is 2.50 bits per heavy atom. The average molecular weight is 466 g/mol. The molecule has 3 heterocycles. The van der Waals surface area contributed by atoms with Gasteiger partial charge in [0.2, 0.25) is 0 Å². The van der Waals surface area contributed by atoms with E-state index in [1.165, 1.54) is 11.1 Å². The number of benzene rings is 1. The topological polar surface area (TPSA) is 122 Å². The average Bonchev–Trinajstić information content (AvgIpc) is 3.45. The van der Waals surface area contributed by atoms with Crippen LogP contribution in [-0.2, 0) is 12.5 Å². The number of amides is 3. The molecule has 2 aromatic heterocycles. The third kappa shape index (κ3) is 4.75. The van der Waals surface area contributed by atoms with Gasteiger partial charge in [0.1, 0.15) is 17.7 Å². The second-order valence-corrected chi connectivity index (χ2v) is 9.50. The molecule has 0 bridgehead atoms. The van der Waals surface area contributed by atoms with Crippen molar-refractivity contribution < 1.29 is 14.3 Å². The van der Waals surface area contributed by atoms with E-state index in [1.807, 2.05) is 24.3 Å². The van der Waals surface area contributed by atoms with Crippen LogP contribution in [0.3, 0.4) is 0 Å². The first-order valence-corrected chi connectivity index (χ1v) is 11.3. The Morgan fingerprint density at radius 1 is 1.21 bits per heavy atom. The minimum Gasteiger partial charge on any atom is -0.488 e. The second-order valence-electron chi connectivity index (χ2n) is 9.50. The summed E-state index contributed by atoms with van der Waals surface area (Å²) in [5, 5.41) is 11.1. The number of urea groups is 1. The highest BCUT2D eigenvalue weighted by atomic mass is 16.5. The number of ether oxygens (including phenoxy) is 1. The van der Waals surface area contributed by atoms with Gasteiger partial charge >= 0.3 is 6.03 Å². The Bertz CT molecular complexity index is 1160. The number of likely N-dealkylation sites (tertiary alicyclic amines) is 1. The molecular weight excluding hydrogens is 434 g/mol. The van der Waals surface area contributed by atoms with Crippen molar-refractivity contribution in [3.05, 3.63) is 54.0 Å². The summed E-state index contributed by atoms with van der Waals surface area (Å²) >= 11 is 0. The Hall–Kier alpha value is -3.82. The van der Waals surface area contributed by atoms with Gasteiger partial charge in [-0.25, -0.2) is 9.69 Å². The number of hydrogen-bond acceptors (Lipinski definition) is 5. The molecule has 10 nitrogen and oxygen atoms in total. The highest BCUT2D eigenvalue weighted by molar-refractivity contribution is 5.99. The first kappa shape index (κ1) is 23.3. The van der Waals surface area contributed by atoms with Gasteiger partial charge < -0.3 is 15.4 Å². The molecule has 10 heteroatoms. The van der Waals surface area contributed by atoms with Crippen molar-refractivity contribution in [2.45, 2.75) is 45.1 Å². The van der Waals surface area contributed by atoms with Crippen LogP contribution >= 0.6 is 0 Å². The summed E-state index contributed by atoms with van der Waals surface area (Å²) in [6, 6.07) is 8.59. The molecule has 1 aromatic carbocycles. The van der Waals surface area contributed by atoms with Crippen LogP contribution in [0, 0.1) is 0 Å². The number of carbonyl (C=O) groups excluding carboxylic acids is 2. The minimum atomic E-state index is -0.625. The van der Waals surface area contributed by atoms with E-state index in [0.29, 0.717) is 48.7 Å². The molecule has 0 atom stereocenters. The zero-order valence-electron chi connectivity index (χ0n) is 20.0. The number of nitrogens with one attached hydrogen (secondary N) is 1. The molecule has 0 unspecified atom stereocenters. The fourth-order valence-electron chi connectivity index (χ4n) is 4.04. The SMILES string of the molecule is Cn1nc(C(C)(C)C)cc1N(C(N)=O)c1ccccc1OC1CCN(C(=O)c2cn[nH]c2)CC1. The molecule has 4 rings (SSSR count). The van der Waals surface area contributed by atoms with E-state index in [4.69, 9.17) is 10.5 Å². The first-order valence-electron chi connectivity index (χ1n) is 11.3. The van der Waals surface area contributed by atoms with Gasteiger partial charge in [-0.3, -0.25) is 14.6 Å². The van der Waals surface area contributed by atoms with Gasteiger partial charge in [-0.1, -0.05) is 32.9 Å². The maximum Gasteiger partial charge on any atom is 0.325 e. The van der Waals surface area contributed by atoms with Crippen molar-refractivity contribution in [1.29, 1.82) is 0 Å². The molecule has 3 N–H and O–H groups in total. The summed E-state index contributed by atoms with van der Waals surface area (Å²) in [4.78, 5) is 28.4. The predicted octanol–water partition coefficient (Wildman–Crippen LogP) is 3.34. The molecule has 3 amide bonds. The van der Waals surface area contributed by atoms with Crippen LogP contribution in [0.2, 0.25) is 0 Å². The van der Waals surface area contributed by atoms with Gasteiger partial charge in [0.05, 0.1) is 23.1 Å². The lowest BCUT2D eigenvalue weighted by Crippen LogP contribution is -2.42. The molecular formula is C24H31N7O3.